The number of benzene rings is 2. The van der Waals surface area contributed by atoms with E-state index in [9.17, 15) is 4.79 Å². The fourth-order valence-corrected chi connectivity index (χ4v) is 3.37. The van der Waals surface area contributed by atoms with E-state index in [4.69, 9.17) is 4.74 Å². The van der Waals surface area contributed by atoms with Crippen molar-refractivity contribution >= 4 is 11.6 Å². The number of hydrogen-bond donors (Lipinski definition) is 1. The summed E-state index contributed by atoms with van der Waals surface area (Å²) in [4.78, 5) is 17.0. The first-order chi connectivity index (χ1) is 13.4. The highest BCUT2D eigenvalue weighted by Crippen LogP contribution is 2.21. The Morgan fingerprint density at radius 1 is 1.04 bits per heavy atom. The zero-order valence-corrected chi connectivity index (χ0v) is 17.9. The lowest BCUT2D eigenvalue weighted by Crippen LogP contribution is -2.34. The van der Waals surface area contributed by atoms with Gasteiger partial charge < -0.3 is 19.9 Å². The normalized spacial score (nSPS) is 12.1. The summed E-state index contributed by atoms with van der Waals surface area (Å²) in [5, 5.41) is 3.07. The van der Waals surface area contributed by atoms with Gasteiger partial charge in [-0.15, -0.1) is 0 Å². The first-order valence-electron chi connectivity index (χ1n) is 9.82. The van der Waals surface area contributed by atoms with Crippen molar-refractivity contribution in [1.82, 2.24) is 10.2 Å². The van der Waals surface area contributed by atoms with E-state index in [-0.39, 0.29) is 11.9 Å². The minimum atomic E-state index is -0.0560. The van der Waals surface area contributed by atoms with E-state index in [0.29, 0.717) is 18.2 Å². The van der Waals surface area contributed by atoms with Crippen LogP contribution in [-0.4, -0.2) is 51.1 Å². The second-order valence-corrected chi connectivity index (χ2v) is 7.39. The third-order valence-corrected chi connectivity index (χ3v) is 5.01. The van der Waals surface area contributed by atoms with Crippen molar-refractivity contribution < 1.29 is 9.53 Å². The number of ether oxygens (including phenoxy) is 1. The Hall–Kier alpha value is -2.53. The molecule has 2 aromatic carbocycles. The highest BCUT2D eigenvalue weighted by atomic mass is 16.5. The first-order valence-corrected chi connectivity index (χ1v) is 9.82. The van der Waals surface area contributed by atoms with Crippen LogP contribution in [0.15, 0.2) is 48.5 Å². The molecule has 1 N–H and O–H groups in total. The van der Waals surface area contributed by atoms with Crippen LogP contribution in [0, 0.1) is 0 Å². The minimum absolute atomic E-state index is 0.0560. The van der Waals surface area contributed by atoms with E-state index in [1.165, 1.54) is 0 Å². The summed E-state index contributed by atoms with van der Waals surface area (Å²) in [5.74, 6) is 0.771. The van der Waals surface area contributed by atoms with Crippen molar-refractivity contribution in [1.29, 1.82) is 0 Å². The number of rotatable bonds is 9. The maximum absolute atomic E-state index is 12.6. The molecule has 5 heteroatoms. The van der Waals surface area contributed by atoms with Gasteiger partial charge in [-0.3, -0.25) is 4.79 Å². The van der Waals surface area contributed by atoms with Crippen LogP contribution in [0.3, 0.4) is 0 Å². The van der Waals surface area contributed by atoms with Gasteiger partial charge in [0.2, 0.25) is 0 Å². The first kappa shape index (κ1) is 21.8. The van der Waals surface area contributed by atoms with E-state index >= 15 is 0 Å². The summed E-state index contributed by atoms with van der Waals surface area (Å²) in [6, 6.07) is 16.3. The predicted octanol–water partition coefficient (Wildman–Crippen LogP) is 3.96. The number of amides is 1. The van der Waals surface area contributed by atoms with E-state index < -0.39 is 0 Å². The second-order valence-electron chi connectivity index (χ2n) is 7.39. The van der Waals surface area contributed by atoms with Crippen LogP contribution in [0.25, 0.3) is 0 Å². The lowest BCUT2D eigenvalue weighted by Gasteiger charge is -2.27. The third-order valence-electron chi connectivity index (χ3n) is 5.01. The zero-order chi connectivity index (χ0) is 20.7. The fourth-order valence-electron chi connectivity index (χ4n) is 3.37. The lowest BCUT2D eigenvalue weighted by molar-refractivity contribution is 0.0942. The number of nitrogens with one attached hydrogen (secondary N) is 1. The summed E-state index contributed by atoms with van der Waals surface area (Å²) in [6.45, 7) is 7.96. The Balaban J connectivity index is 2.04. The van der Waals surface area contributed by atoms with Gasteiger partial charge in [0.25, 0.3) is 5.91 Å². The van der Waals surface area contributed by atoms with Crippen LogP contribution in [-0.2, 0) is 0 Å². The molecular weight excluding hydrogens is 350 g/mol. The Morgan fingerprint density at radius 3 is 2.11 bits per heavy atom. The summed E-state index contributed by atoms with van der Waals surface area (Å²) in [7, 11) is 5.69. The van der Waals surface area contributed by atoms with Gasteiger partial charge in [-0.25, -0.2) is 0 Å². The van der Waals surface area contributed by atoms with Crippen LogP contribution in [0.2, 0.25) is 0 Å². The molecule has 0 saturated heterocycles. The number of methoxy groups -OCH3 is 1. The van der Waals surface area contributed by atoms with E-state index in [2.05, 4.69) is 35.9 Å². The summed E-state index contributed by atoms with van der Waals surface area (Å²) < 4.78 is 5.23. The van der Waals surface area contributed by atoms with Gasteiger partial charge >= 0.3 is 0 Å². The van der Waals surface area contributed by atoms with Crippen LogP contribution in [0.5, 0.6) is 5.75 Å². The topological polar surface area (TPSA) is 44.8 Å². The largest absolute Gasteiger partial charge is 0.497 e. The monoisotopic (exact) mass is 383 g/mol. The maximum Gasteiger partial charge on any atom is 0.251 e. The van der Waals surface area contributed by atoms with Gasteiger partial charge in [-0.05, 0) is 76.8 Å². The quantitative estimate of drug-likeness (QED) is 0.712. The van der Waals surface area contributed by atoms with E-state index in [0.717, 1.165) is 23.5 Å². The molecule has 0 aromatic heterocycles. The van der Waals surface area contributed by atoms with Gasteiger partial charge in [0, 0.05) is 30.4 Å². The molecule has 0 bridgehead atoms. The average molecular weight is 384 g/mol. The third kappa shape index (κ3) is 5.49. The molecule has 152 valence electrons. The number of nitrogens with zero attached hydrogens (tertiary/aromatic N) is 2. The van der Waals surface area contributed by atoms with Crippen molar-refractivity contribution in [2.24, 2.45) is 0 Å². The molecule has 0 heterocycles. The van der Waals surface area contributed by atoms with Gasteiger partial charge in [0.05, 0.1) is 13.2 Å². The van der Waals surface area contributed by atoms with Crippen LogP contribution >= 0.6 is 0 Å². The lowest BCUT2D eigenvalue weighted by atomic mass is 10.1. The molecule has 0 fully saturated rings. The van der Waals surface area contributed by atoms with Crippen molar-refractivity contribution in [3.63, 3.8) is 0 Å². The Morgan fingerprint density at radius 2 is 1.64 bits per heavy atom. The molecule has 0 radical (unpaired) electrons. The number of carbonyl (C=O) groups is 1. The Labute approximate surface area is 169 Å². The van der Waals surface area contributed by atoms with Gasteiger partial charge in [-0.2, -0.15) is 0 Å². The fraction of sp³-hybridized carbons (Fsp3) is 0.435. The molecule has 0 aliphatic carbocycles. The van der Waals surface area contributed by atoms with E-state index in [1.54, 1.807) is 7.11 Å². The molecule has 28 heavy (non-hydrogen) atoms. The summed E-state index contributed by atoms with van der Waals surface area (Å²) >= 11 is 0. The van der Waals surface area contributed by atoms with Crippen molar-refractivity contribution in [2.75, 3.05) is 39.2 Å². The van der Waals surface area contributed by atoms with Crippen LogP contribution in [0.4, 0.5) is 5.69 Å². The molecule has 1 atom stereocenters. The van der Waals surface area contributed by atoms with Gasteiger partial charge in [-0.1, -0.05) is 12.1 Å². The molecule has 0 aliphatic rings. The average Bonchev–Trinajstić information content (AvgIpc) is 2.69. The number of likely N-dealkylation sites (N-methyl/N-ethyl adjacent to an activating group) is 1. The SMILES string of the molecule is CCN(c1ccc(C(=O)NCC(c2ccc(OC)cc2)N(C)C)cc1)C(C)C. The number of hydrogen-bond acceptors (Lipinski definition) is 4. The molecule has 1 unspecified atom stereocenters. The molecule has 0 aliphatic heterocycles. The van der Waals surface area contributed by atoms with Crippen molar-refractivity contribution in [2.45, 2.75) is 32.9 Å². The number of carbonyl (C=O) groups excluding carboxylic acids is 1. The molecule has 2 aromatic rings. The van der Waals surface area contributed by atoms with Crippen molar-refractivity contribution in [3.8, 4) is 5.75 Å². The molecule has 0 saturated carbocycles. The Bertz CT molecular complexity index is 739. The molecular formula is C23H33N3O2. The van der Waals surface area contributed by atoms with Gasteiger partial charge in [0.15, 0.2) is 0 Å². The van der Waals surface area contributed by atoms with Crippen LogP contribution in [0.1, 0.15) is 42.7 Å². The smallest absolute Gasteiger partial charge is 0.251 e. The molecule has 2 rings (SSSR count). The minimum Gasteiger partial charge on any atom is -0.497 e. The van der Waals surface area contributed by atoms with E-state index in [1.807, 2.05) is 62.6 Å². The predicted molar refractivity (Wildman–Crippen MR) is 116 cm³/mol. The Kier molecular flexibility index (Phi) is 7.88. The molecule has 0 spiro atoms. The molecule has 1 amide bonds. The van der Waals surface area contributed by atoms with Gasteiger partial charge in [0.1, 0.15) is 5.75 Å². The number of anilines is 1. The maximum atomic E-state index is 12.6. The molecule has 5 nitrogen and oxygen atoms in total. The highest BCUT2D eigenvalue weighted by Gasteiger charge is 2.16. The highest BCUT2D eigenvalue weighted by molar-refractivity contribution is 5.94. The standard InChI is InChI=1S/C23H33N3O2/c1-7-26(17(2)3)20-12-8-19(9-13-20)23(27)24-16-22(25(4)5)18-10-14-21(28-6)15-11-18/h8-15,17,22H,7,16H2,1-6H3,(H,24,27). The van der Waals surface area contributed by atoms with Crippen LogP contribution < -0.4 is 15.0 Å². The van der Waals surface area contributed by atoms with Crippen molar-refractivity contribution in [3.05, 3.63) is 59.7 Å². The second kappa shape index (κ2) is 10.1. The zero-order valence-electron chi connectivity index (χ0n) is 17.9. The summed E-state index contributed by atoms with van der Waals surface area (Å²) in [5.41, 5.74) is 2.95. The summed E-state index contributed by atoms with van der Waals surface area (Å²) in [6.07, 6.45) is 0.